The standard InChI is InChI=1S/C27H34N2O/c1-26(2,3)22-15-21(16-23(17-22)27(4,5)6)25-29-28-24(30-25)14-18-11-12-19-9-7-8-10-20(19)13-18/h11-13,15-17H,7-10,14H2,1-6H3. The Kier molecular flexibility index (Phi) is 5.34. The Morgan fingerprint density at radius 3 is 2.03 bits per heavy atom. The van der Waals surface area contributed by atoms with Crippen LogP contribution in [0.4, 0.5) is 0 Å². The summed E-state index contributed by atoms with van der Waals surface area (Å²) in [4.78, 5) is 0. The Bertz CT molecular complexity index is 1020. The lowest BCUT2D eigenvalue weighted by molar-refractivity contribution is 0.516. The fourth-order valence-corrected chi connectivity index (χ4v) is 4.13. The van der Waals surface area contributed by atoms with Crippen LogP contribution in [0.3, 0.4) is 0 Å². The van der Waals surface area contributed by atoms with E-state index in [1.54, 1.807) is 0 Å². The van der Waals surface area contributed by atoms with E-state index in [0.29, 0.717) is 18.2 Å². The molecular weight excluding hydrogens is 368 g/mol. The van der Waals surface area contributed by atoms with E-state index >= 15 is 0 Å². The molecule has 3 aromatic rings. The highest BCUT2D eigenvalue weighted by Crippen LogP contribution is 2.33. The van der Waals surface area contributed by atoms with Gasteiger partial charge in [0, 0.05) is 5.56 Å². The van der Waals surface area contributed by atoms with Crippen molar-refractivity contribution in [2.24, 2.45) is 0 Å². The first kappa shape index (κ1) is 20.8. The number of hydrogen-bond acceptors (Lipinski definition) is 3. The first-order valence-electron chi connectivity index (χ1n) is 11.2. The minimum Gasteiger partial charge on any atom is -0.420 e. The van der Waals surface area contributed by atoms with Crippen LogP contribution in [0.15, 0.2) is 40.8 Å². The quantitative estimate of drug-likeness (QED) is 0.483. The number of rotatable bonds is 3. The zero-order chi connectivity index (χ0) is 21.5. The van der Waals surface area contributed by atoms with Gasteiger partial charge < -0.3 is 4.42 Å². The number of benzene rings is 2. The number of aromatic nitrogens is 2. The summed E-state index contributed by atoms with van der Waals surface area (Å²) in [7, 11) is 0. The van der Waals surface area contributed by atoms with E-state index in [4.69, 9.17) is 4.42 Å². The second-order valence-corrected chi connectivity index (χ2v) is 10.8. The van der Waals surface area contributed by atoms with Gasteiger partial charge >= 0.3 is 0 Å². The van der Waals surface area contributed by atoms with Crippen molar-refractivity contribution in [3.05, 3.63) is 70.1 Å². The van der Waals surface area contributed by atoms with Gasteiger partial charge in [0.2, 0.25) is 11.8 Å². The second-order valence-electron chi connectivity index (χ2n) is 10.8. The maximum absolute atomic E-state index is 6.13. The zero-order valence-electron chi connectivity index (χ0n) is 19.3. The molecule has 0 spiro atoms. The van der Waals surface area contributed by atoms with Crippen molar-refractivity contribution in [3.8, 4) is 11.5 Å². The molecule has 4 rings (SSSR count). The average Bonchev–Trinajstić information content (AvgIpc) is 3.15. The van der Waals surface area contributed by atoms with Crippen LogP contribution in [0.1, 0.15) is 88.1 Å². The molecule has 0 N–H and O–H groups in total. The van der Waals surface area contributed by atoms with E-state index in [2.05, 4.69) is 88.1 Å². The molecule has 0 radical (unpaired) electrons. The van der Waals surface area contributed by atoms with Gasteiger partial charge in [0.25, 0.3) is 0 Å². The van der Waals surface area contributed by atoms with Crippen LogP contribution in [0.2, 0.25) is 0 Å². The maximum atomic E-state index is 6.13. The molecule has 158 valence electrons. The predicted molar refractivity (Wildman–Crippen MR) is 123 cm³/mol. The van der Waals surface area contributed by atoms with E-state index in [1.165, 1.54) is 53.5 Å². The van der Waals surface area contributed by atoms with Crippen LogP contribution in [0.25, 0.3) is 11.5 Å². The van der Waals surface area contributed by atoms with Gasteiger partial charge in [-0.15, -0.1) is 10.2 Å². The highest BCUT2D eigenvalue weighted by Gasteiger charge is 2.22. The lowest BCUT2D eigenvalue weighted by atomic mass is 9.79. The van der Waals surface area contributed by atoms with Crippen LogP contribution in [-0.4, -0.2) is 10.2 Å². The molecule has 3 nitrogen and oxygen atoms in total. The van der Waals surface area contributed by atoms with Gasteiger partial charge in [-0.1, -0.05) is 65.8 Å². The zero-order valence-corrected chi connectivity index (χ0v) is 19.3. The van der Waals surface area contributed by atoms with Crippen molar-refractivity contribution >= 4 is 0 Å². The van der Waals surface area contributed by atoms with Gasteiger partial charge in [-0.05, 0) is 76.5 Å². The van der Waals surface area contributed by atoms with Crippen molar-refractivity contribution in [2.75, 3.05) is 0 Å². The van der Waals surface area contributed by atoms with Crippen molar-refractivity contribution in [1.82, 2.24) is 10.2 Å². The summed E-state index contributed by atoms with van der Waals surface area (Å²) >= 11 is 0. The second kappa shape index (κ2) is 7.68. The summed E-state index contributed by atoms with van der Waals surface area (Å²) in [6.07, 6.45) is 5.68. The fourth-order valence-electron chi connectivity index (χ4n) is 4.13. The molecule has 1 aliphatic rings. The maximum Gasteiger partial charge on any atom is 0.247 e. The van der Waals surface area contributed by atoms with Crippen molar-refractivity contribution < 1.29 is 4.42 Å². The van der Waals surface area contributed by atoms with Crippen molar-refractivity contribution in [1.29, 1.82) is 0 Å². The Labute approximate surface area is 180 Å². The van der Waals surface area contributed by atoms with Gasteiger partial charge in [-0.25, -0.2) is 0 Å². The monoisotopic (exact) mass is 402 g/mol. The topological polar surface area (TPSA) is 38.9 Å². The molecule has 0 amide bonds. The summed E-state index contributed by atoms with van der Waals surface area (Å²) in [6.45, 7) is 13.5. The number of aryl methyl sites for hydroxylation is 2. The molecule has 0 bridgehead atoms. The Balaban J connectivity index is 1.64. The molecule has 0 unspecified atom stereocenters. The average molecular weight is 403 g/mol. The van der Waals surface area contributed by atoms with Gasteiger partial charge in [0.15, 0.2) is 0 Å². The lowest BCUT2D eigenvalue weighted by Crippen LogP contribution is -2.16. The van der Waals surface area contributed by atoms with Crippen LogP contribution in [0.5, 0.6) is 0 Å². The molecule has 1 aromatic heterocycles. The van der Waals surface area contributed by atoms with E-state index in [-0.39, 0.29) is 10.8 Å². The molecule has 1 heterocycles. The van der Waals surface area contributed by atoms with Crippen molar-refractivity contribution in [2.45, 2.75) is 84.5 Å². The van der Waals surface area contributed by atoms with Gasteiger partial charge in [0.05, 0.1) is 6.42 Å². The molecule has 3 heteroatoms. The Morgan fingerprint density at radius 1 is 0.767 bits per heavy atom. The number of fused-ring (bicyclic) bond motifs is 1. The third kappa shape index (κ3) is 4.50. The first-order valence-corrected chi connectivity index (χ1v) is 11.2. The van der Waals surface area contributed by atoms with Gasteiger partial charge in [-0.3, -0.25) is 0 Å². The SMILES string of the molecule is CC(C)(C)c1cc(-c2nnc(Cc3ccc4c(c3)CCCC4)o2)cc(C(C)(C)C)c1. The van der Waals surface area contributed by atoms with E-state index in [0.717, 1.165) is 5.56 Å². The molecular formula is C27H34N2O. The molecule has 0 saturated heterocycles. The third-order valence-electron chi connectivity index (χ3n) is 6.15. The van der Waals surface area contributed by atoms with Crippen LogP contribution < -0.4 is 0 Å². The summed E-state index contributed by atoms with van der Waals surface area (Å²) in [5, 5.41) is 8.77. The summed E-state index contributed by atoms with van der Waals surface area (Å²) in [5.41, 5.74) is 7.96. The minimum atomic E-state index is 0.0575. The third-order valence-corrected chi connectivity index (χ3v) is 6.15. The Hall–Kier alpha value is -2.42. The summed E-state index contributed by atoms with van der Waals surface area (Å²) in [6, 6.07) is 13.5. The number of nitrogens with zero attached hydrogens (tertiary/aromatic N) is 2. The molecule has 0 fully saturated rings. The van der Waals surface area contributed by atoms with Crippen molar-refractivity contribution in [3.63, 3.8) is 0 Å². The van der Waals surface area contributed by atoms with Gasteiger partial charge in [-0.2, -0.15) is 0 Å². The molecule has 30 heavy (non-hydrogen) atoms. The largest absolute Gasteiger partial charge is 0.420 e. The summed E-state index contributed by atoms with van der Waals surface area (Å²) < 4.78 is 6.13. The van der Waals surface area contributed by atoms with E-state index in [9.17, 15) is 0 Å². The molecule has 0 atom stereocenters. The fraction of sp³-hybridized carbons (Fsp3) is 0.481. The normalized spacial score (nSPS) is 14.6. The molecule has 0 saturated carbocycles. The van der Waals surface area contributed by atoms with Crippen LogP contribution in [0, 0.1) is 0 Å². The highest BCUT2D eigenvalue weighted by atomic mass is 16.4. The van der Waals surface area contributed by atoms with Crippen LogP contribution >= 0.6 is 0 Å². The summed E-state index contributed by atoms with van der Waals surface area (Å²) in [5.74, 6) is 1.29. The lowest BCUT2D eigenvalue weighted by Gasteiger charge is -2.25. The minimum absolute atomic E-state index is 0.0575. The molecule has 0 aliphatic heterocycles. The van der Waals surface area contributed by atoms with E-state index < -0.39 is 0 Å². The smallest absolute Gasteiger partial charge is 0.247 e. The van der Waals surface area contributed by atoms with E-state index in [1.807, 2.05) is 0 Å². The van der Waals surface area contributed by atoms with Gasteiger partial charge in [0.1, 0.15) is 0 Å². The van der Waals surface area contributed by atoms with Crippen LogP contribution in [-0.2, 0) is 30.1 Å². The Morgan fingerprint density at radius 2 is 1.40 bits per heavy atom. The first-order chi connectivity index (χ1) is 14.1. The number of hydrogen-bond donors (Lipinski definition) is 0. The molecule has 1 aliphatic carbocycles. The molecule has 2 aromatic carbocycles. The highest BCUT2D eigenvalue weighted by molar-refractivity contribution is 5.58. The predicted octanol–water partition coefficient (Wildman–Crippen LogP) is 6.80.